The highest BCUT2D eigenvalue weighted by molar-refractivity contribution is 5.86. The highest BCUT2D eigenvalue weighted by atomic mass is 14.4. The first-order chi connectivity index (χ1) is 16.3. The minimum atomic E-state index is 0.103. The number of rotatable bonds is 8. The zero-order valence-electron chi connectivity index (χ0n) is 20.0. The largest absolute Gasteiger partial charge is 0.0654 e. The summed E-state index contributed by atoms with van der Waals surface area (Å²) >= 11 is 0. The second-order valence-corrected chi connectivity index (χ2v) is 9.54. The van der Waals surface area contributed by atoms with Crippen LogP contribution in [0, 0.1) is 0 Å². The van der Waals surface area contributed by atoms with E-state index in [1.54, 1.807) is 11.1 Å². The van der Waals surface area contributed by atoms with Gasteiger partial charge in [-0.1, -0.05) is 124 Å². The Morgan fingerprint density at radius 1 is 0.485 bits per heavy atom. The summed E-state index contributed by atoms with van der Waals surface area (Å²) in [7, 11) is 0. The summed E-state index contributed by atoms with van der Waals surface area (Å²) in [6.45, 7) is 4.65. The third-order valence-corrected chi connectivity index (χ3v) is 7.49. The van der Waals surface area contributed by atoms with Gasteiger partial charge in [0.1, 0.15) is 0 Å². The molecule has 0 bridgehead atoms. The van der Waals surface area contributed by atoms with Crippen molar-refractivity contribution in [1.82, 2.24) is 0 Å². The fourth-order valence-corrected chi connectivity index (χ4v) is 5.74. The van der Waals surface area contributed by atoms with Crippen LogP contribution in [-0.4, -0.2) is 0 Å². The lowest BCUT2D eigenvalue weighted by atomic mass is 9.70. The van der Waals surface area contributed by atoms with E-state index in [0.29, 0.717) is 0 Å². The van der Waals surface area contributed by atoms with Crippen molar-refractivity contribution in [3.63, 3.8) is 0 Å². The number of benzene rings is 4. The molecule has 0 heterocycles. The van der Waals surface area contributed by atoms with Gasteiger partial charge in [0.25, 0.3) is 0 Å². The zero-order chi connectivity index (χ0) is 22.7. The SMILES string of the molecule is CCCCC1(CCCC)c2cc(-c3ccccc3)ccc2-c2ccc(-c3ccccc3)cc21. The Bertz CT molecular complexity index is 1120. The van der Waals surface area contributed by atoms with Crippen LogP contribution < -0.4 is 0 Å². The highest BCUT2D eigenvalue weighted by Crippen LogP contribution is 2.55. The fourth-order valence-electron chi connectivity index (χ4n) is 5.74. The second-order valence-electron chi connectivity index (χ2n) is 9.54. The van der Waals surface area contributed by atoms with E-state index in [1.165, 1.54) is 71.9 Å². The molecule has 5 rings (SSSR count). The molecule has 1 aliphatic rings. The molecule has 1 aliphatic carbocycles. The van der Waals surface area contributed by atoms with Gasteiger partial charge in [0.15, 0.2) is 0 Å². The van der Waals surface area contributed by atoms with Crippen molar-refractivity contribution >= 4 is 0 Å². The molecule has 33 heavy (non-hydrogen) atoms. The summed E-state index contributed by atoms with van der Waals surface area (Å²) in [5.41, 5.74) is 11.4. The Hall–Kier alpha value is -3.12. The van der Waals surface area contributed by atoms with Crippen molar-refractivity contribution < 1.29 is 0 Å². The van der Waals surface area contributed by atoms with Crippen LogP contribution in [0.3, 0.4) is 0 Å². The highest BCUT2D eigenvalue weighted by Gasteiger charge is 2.42. The molecular formula is C33H34. The minimum Gasteiger partial charge on any atom is -0.0654 e. The van der Waals surface area contributed by atoms with Crippen LogP contribution in [0.2, 0.25) is 0 Å². The lowest BCUT2D eigenvalue weighted by Crippen LogP contribution is -2.25. The molecule has 0 saturated heterocycles. The van der Waals surface area contributed by atoms with E-state index in [0.717, 1.165) is 0 Å². The van der Waals surface area contributed by atoms with Gasteiger partial charge in [0.2, 0.25) is 0 Å². The predicted octanol–water partition coefficient (Wildman–Crippen LogP) is 9.67. The smallest absolute Gasteiger partial charge is 0.0215 e. The molecule has 0 fully saturated rings. The molecule has 0 nitrogen and oxygen atoms in total. The Labute approximate surface area is 199 Å². The number of unbranched alkanes of at least 4 members (excludes halogenated alkanes) is 2. The molecule has 0 N–H and O–H groups in total. The minimum absolute atomic E-state index is 0.103. The van der Waals surface area contributed by atoms with Crippen LogP contribution in [0.25, 0.3) is 33.4 Å². The second kappa shape index (κ2) is 9.40. The van der Waals surface area contributed by atoms with E-state index >= 15 is 0 Å². The molecule has 0 radical (unpaired) electrons. The van der Waals surface area contributed by atoms with Gasteiger partial charge in [-0.25, -0.2) is 0 Å². The molecule has 0 atom stereocenters. The van der Waals surface area contributed by atoms with Crippen LogP contribution >= 0.6 is 0 Å². The van der Waals surface area contributed by atoms with Gasteiger partial charge in [-0.05, 0) is 69.5 Å². The number of fused-ring (bicyclic) bond motifs is 3. The van der Waals surface area contributed by atoms with Crippen LogP contribution in [0.1, 0.15) is 63.5 Å². The van der Waals surface area contributed by atoms with E-state index in [4.69, 9.17) is 0 Å². The lowest BCUT2D eigenvalue weighted by Gasteiger charge is -2.33. The summed E-state index contributed by atoms with van der Waals surface area (Å²) in [5.74, 6) is 0. The Kier molecular flexibility index (Phi) is 6.18. The summed E-state index contributed by atoms with van der Waals surface area (Å²) in [5, 5.41) is 0. The monoisotopic (exact) mass is 430 g/mol. The van der Waals surface area contributed by atoms with Crippen LogP contribution in [0.4, 0.5) is 0 Å². The van der Waals surface area contributed by atoms with E-state index in [1.807, 2.05) is 0 Å². The van der Waals surface area contributed by atoms with E-state index in [2.05, 4.69) is 111 Å². The van der Waals surface area contributed by atoms with E-state index in [9.17, 15) is 0 Å². The standard InChI is InChI=1S/C33H34/c1-3-5-21-33(22-6-4-2)31-23-27(25-13-9-7-10-14-25)17-19-29(31)30-20-18-28(24-32(30)33)26-15-11-8-12-16-26/h7-20,23-24H,3-6,21-22H2,1-2H3. The van der Waals surface area contributed by atoms with Crippen molar-refractivity contribution in [2.75, 3.05) is 0 Å². The predicted molar refractivity (Wildman–Crippen MR) is 143 cm³/mol. The third-order valence-electron chi connectivity index (χ3n) is 7.49. The van der Waals surface area contributed by atoms with Crippen molar-refractivity contribution in [3.05, 3.63) is 108 Å². The van der Waals surface area contributed by atoms with Gasteiger partial charge >= 0.3 is 0 Å². The number of hydrogen-bond donors (Lipinski definition) is 0. The average Bonchev–Trinajstić information content (AvgIpc) is 3.16. The van der Waals surface area contributed by atoms with Crippen LogP contribution in [0.5, 0.6) is 0 Å². The molecule has 0 amide bonds. The zero-order valence-corrected chi connectivity index (χ0v) is 20.0. The molecule has 0 aliphatic heterocycles. The Morgan fingerprint density at radius 2 is 0.909 bits per heavy atom. The van der Waals surface area contributed by atoms with Crippen molar-refractivity contribution in [3.8, 4) is 33.4 Å². The first-order valence-electron chi connectivity index (χ1n) is 12.7. The first kappa shape index (κ1) is 21.7. The first-order valence-corrected chi connectivity index (χ1v) is 12.7. The van der Waals surface area contributed by atoms with Gasteiger partial charge in [0.05, 0.1) is 0 Å². The maximum Gasteiger partial charge on any atom is 0.0215 e. The topological polar surface area (TPSA) is 0 Å². The van der Waals surface area contributed by atoms with Gasteiger partial charge in [-0.15, -0.1) is 0 Å². The number of hydrogen-bond acceptors (Lipinski definition) is 0. The maximum absolute atomic E-state index is 2.51. The lowest BCUT2D eigenvalue weighted by molar-refractivity contribution is 0.414. The van der Waals surface area contributed by atoms with Crippen molar-refractivity contribution in [2.24, 2.45) is 0 Å². The molecule has 4 aromatic rings. The van der Waals surface area contributed by atoms with Crippen LogP contribution in [0.15, 0.2) is 97.1 Å². The molecule has 0 saturated carbocycles. The Balaban J connectivity index is 1.71. The molecule has 4 aromatic carbocycles. The van der Waals surface area contributed by atoms with E-state index in [-0.39, 0.29) is 5.41 Å². The molecule has 0 aromatic heterocycles. The van der Waals surface area contributed by atoms with Crippen LogP contribution in [-0.2, 0) is 5.41 Å². The fraction of sp³-hybridized carbons (Fsp3) is 0.273. The van der Waals surface area contributed by atoms with E-state index < -0.39 is 0 Å². The van der Waals surface area contributed by atoms with Gasteiger partial charge < -0.3 is 0 Å². The molecule has 0 spiro atoms. The Morgan fingerprint density at radius 3 is 1.30 bits per heavy atom. The van der Waals surface area contributed by atoms with Gasteiger partial charge in [0, 0.05) is 5.41 Å². The maximum atomic E-state index is 2.51. The average molecular weight is 431 g/mol. The van der Waals surface area contributed by atoms with Gasteiger partial charge in [-0.2, -0.15) is 0 Å². The summed E-state index contributed by atoms with van der Waals surface area (Å²) < 4.78 is 0. The molecule has 0 unspecified atom stereocenters. The van der Waals surface area contributed by atoms with Crippen molar-refractivity contribution in [1.29, 1.82) is 0 Å². The normalized spacial score (nSPS) is 13.5. The molecule has 0 heteroatoms. The quantitative estimate of drug-likeness (QED) is 0.261. The molecular weight excluding hydrogens is 396 g/mol. The summed E-state index contributed by atoms with van der Waals surface area (Å²) in [6.07, 6.45) is 7.42. The van der Waals surface area contributed by atoms with Gasteiger partial charge in [-0.3, -0.25) is 0 Å². The van der Waals surface area contributed by atoms with Crippen molar-refractivity contribution in [2.45, 2.75) is 57.8 Å². The summed E-state index contributed by atoms with van der Waals surface area (Å²) in [4.78, 5) is 0. The molecule has 166 valence electrons. The third kappa shape index (κ3) is 3.93. The summed E-state index contributed by atoms with van der Waals surface area (Å²) in [6, 6.07) is 36.1.